The standard InChI is InChI=1S/C52H35N3O/c1-5-14-34(15-6-1)38-24-28-47-43(30-38)44-31-39(35-16-7-2-8-17-35)25-29-48(44)55(47)40-26-27-42-50(32-40)56-49-23-13-22-41(51(42)49)46-33-45(36-18-9-3-10-19-36)53-52(54-46)37-20-11-4-12-21-37/h1,3-7,9-33H,2,8H2. The minimum Gasteiger partial charge on any atom is -0.456 e. The van der Waals surface area contributed by atoms with Gasteiger partial charge in [-0.1, -0.05) is 133 Å². The van der Waals surface area contributed by atoms with Crippen molar-refractivity contribution in [3.05, 3.63) is 194 Å². The van der Waals surface area contributed by atoms with Crippen LogP contribution in [0.15, 0.2) is 193 Å². The molecule has 0 atom stereocenters. The maximum atomic E-state index is 6.71. The van der Waals surface area contributed by atoms with Crippen LogP contribution in [0, 0.1) is 0 Å². The SMILES string of the molecule is C1=CC(c2ccc3c(c2)c2cc(-c4ccccc4)ccc2n3-c2ccc3c(c2)oc2cccc(-c4cc(-c5ccccc5)nc(-c5ccccc5)n4)c23)=CCC1. The van der Waals surface area contributed by atoms with Crippen molar-refractivity contribution in [3.63, 3.8) is 0 Å². The van der Waals surface area contributed by atoms with Crippen molar-refractivity contribution < 1.29 is 4.42 Å². The van der Waals surface area contributed by atoms with E-state index in [2.05, 4.69) is 156 Å². The van der Waals surface area contributed by atoms with Gasteiger partial charge >= 0.3 is 0 Å². The Labute approximate surface area is 324 Å². The number of benzene rings is 7. The lowest BCUT2D eigenvalue weighted by Crippen LogP contribution is -1.96. The second kappa shape index (κ2) is 13.2. The van der Waals surface area contributed by atoms with Crippen molar-refractivity contribution in [2.24, 2.45) is 0 Å². The zero-order chi connectivity index (χ0) is 37.0. The van der Waals surface area contributed by atoms with Crippen molar-refractivity contribution in [3.8, 4) is 50.7 Å². The summed E-state index contributed by atoms with van der Waals surface area (Å²) < 4.78 is 9.09. The van der Waals surface area contributed by atoms with Crippen molar-refractivity contribution in [1.29, 1.82) is 0 Å². The van der Waals surface area contributed by atoms with Gasteiger partial charge in [-0.3, -0.25) is 0 Å². The number of hydrogen-bond donors (Lipinski definition) is 0. The normalized spacial score (nSPS) is 12.9. The Kier molecular flexibility index (Phi) is 7.59. The number of rotatable bonds is 6. The van der Waals surface area contributed by atoms with Crippen LogP contribution in [0.5, 0.6) is 0 Å². The zero-order valence-corrected chi connectivity index (χ0v) is 30.6. The predicted molar refractivity (Wildman–Crippen MR) is 232 cm³/mol. The highest BCUT2D eigenvalue weighted by molar-refractivity contribution is 6.14. The Bertz CT molecular complexity index is 3110. The quantitative estimate of drug-likeness (QED) is 0.172. The van der Waals surface area contributed by atoms with Gasteiger partial charge in [-0.05, 0) is 83.6 Å². The molecule has 0 bridgehead atoms. The van der Waals surface area contributed by atoms with E-state index in [1.54, 1.807) is 0 Å². The smallest absolute Gasteiger partial charge is 0.160 e. The molecule has 11 rings (SSSR count). The third kappa shape index (κ3) is 5.46. The molecule has 0 spiro atoms. The summed E-state index contributed by atoms with van der Waals surface area (Å²) in [4.78, 5) is 10.2. The van der Waals surface area contributed by atoms with Crippen molar-refractivity contribution in [2.45, 2.75) is 12.8 Å². The minimum absolute atomic E-state index is 0.690. The second-order valence-electron chi connectivity index (χ2n) is 14.5. The zero-order valence-electron chi connectivity index (χ0n) is 30.6. The molecule has 0 unspecified atom stereocenters. The topological polar surface area (TPSA) is 43.9 Å². The van der Waals surface area contributed by atoms with Gasteiger partial charge in [0.15, 0.2) is 5.82 Å². The van der Waals surface area contributed by atoms with Crippen LogP contribution in [0.3, 0.4) is 0 Å². The summed E-state index contributed by atoms with van der Waals surface area (Å²) in [6.45, 7) is 0. The summed E-state index contributed by atoms with van der Waals surface area (Å²) in [6.07, 6.45) is 9.06. The molecule has 3 aromatic heterocycles. The van der Waals surface area contributed by atoms with Gasteiger partial charge in [-0.2, -0.15) is 0 Å². The monoisotopic (exact) mass is 717 g/mol. The molecule has 3 heterocycles. The van der Waals surface area contributed by atoms with Crippen LogP contribution in [0.1, 0.15) is 18.4 Å². The molecule has 56 heavy (non-hydrogen) atoms. The third-order valence-corrected chi connectivity index (χ3v) is 11.0. The first kappa shape index (κ1) is 32.2. The molecule has 0 radical (unpaired) electrons. The van der Waals surface area contributed by atoms with Gasteiger partial charge < -0.3 is 8.98 Å². The minimum atomic E-state index is 0.690. The van der Waals surface area contributed by atoms with E-state index in [0.717, 1.165) is 79.6 Å². The van der Waals surface area contributed by atoms with E-state index in [0.29, 0.717) is 5.82 Å². The molecule has 7 aromatic carbocycles. The first-order chi connectivity index (χ1) is 27.7. The van der Waals surface area contributed by atoms with Crippen molar-refractivity contribution in [1.82, 2.24) is 14.5 Å². The van der Waals surface area contributed by atoms with E-state index in [4.69, 9.17) is 14.4 Å². The molecular formula is C52H35N3O. The summed E-state index contributed by atoms with van der Waals surface area (Å²) in [5, 5.41) is 4.54. The van der Waals surface area contributed by atoms with Crippen LogP contribution in [0.25, 0.3) is 100 Å². The van der Waals surface area contributed by atoms with Crippen LogP contribution >= 0.6 is 0 Å². The first-order valence-corrected chi connectivity index (χ1v) is 19.2. The van der Waals surface area contributed by atoms with Crippen LogP contribution in [0.2, 0.25) is 0 Å². The number of furan rings is 1. The molecule has 0 N–H and O–H groups in total. The molecule has 0 aliphatic heterocycles. The Morgan fingerprint density at radius 2 is 1.14 bits per heavy atom. The molecule has 1 aliphatic carbocycles. The molecule has 4 nitrogen and oxygen atoms in total. The summed E-state index contributed by atoms with van der Waals surface area (Å²) in [5.74, 6) is 0.690. The average Bonchev–Trinajstić information content (AvgIpc) is 3.82. The number of aromatic nitrogens is 3. The molecule has 0 saturated heterocycles. The summed E-state index contributed by atoms with van der Waals surface area (Å²) >= 11 is 0. The average molecular weight is 718 g/mol. The van der Waals surface area contributed by atoms with Gasteiger partial charge in [0, 0.05) is 50.0 Å². The number of allylic oxidation sites excluding steroid dienone is 4. The van der Waals surface area contributed by atoms with Gasteiger partial charge in [0.05, 0.1) is 22.4 Å². The Balaban J connectivity index is 1.09. The Hall–Kier alpha value is -7.30. The lowest BCUT2D eigenvalue weighted by Gasteiger charge is -2.11. The van der Waals surface area contributed by atoms with Crippen LogP contribution in [0.4, 0.5) is 0 Å². The van der Waals surface area contributed by atoms with E-state index in [-0.39, 0.29) is 0 Å². The highest BCUT2D eigenvalue weighted by atomic mass is 16.3. The van der Waals surface area contributed by atoms with Crippen LogP contribution in [-0.2, 0) is 0 Å². The molecule has 0 amide bonds. The summed E-state index contributed by atoms with van der Waals surface area (Å²) in [7, 11) is 0. The van der Waals surface area contributed by atoms with Gasteiger partial charge in [-0.25, -0.2) is 9.97 Å². The second-order valence-corrected chi connectivity index (χ2v) is 14.5. The first-order valence-electron chi connectivity index (χ1n) is 19.2. The highest BCUT2D eigenvalue weighted by Gasteiger charge is 2.19. The van der Waals surface area contributed by atoms with E-state index in [1.807, 2.05) is 36.4 Å². The number of fused-ring (bicyclic) bond motifs is 6. The van der Waals surface area contributed by atoms with Gasteiger partial charge in [0.1, 0.15) is 11.2 Å². The van der Waals surface area contributed by atoms with Gasteiger partial charge in [-0.15, -0.1) is 0 Å². The summed E-state index contributed by atoms with van der Waals surface area (Å²) in [5.41, 5.74) is 14.7. The largest absolute Gasteiger partial charge is 0.456 e. The molecule has 4 heteroatoms. The predicted octanol–water partition coefficient (Wildman–Crippen LogP) is 13.9. The molecule has 10 aromatic rings. The molecule has 1 aliphatic rings. The summed E-state index contributed by atoms with van der Waals surface area (Å²) in [6, 6.07) is 59.9. The fourth-order valence-electron chi connectivity index (χ4n) is 8.34. The van der Waals surface area contributed by atoms with E-state index < -0.39 is 0 Å². The lowest BCUT2D eigenvalue weighted by atomic mass is 9.97. The Morgan fingerprint density at radius 3 is 1.88 bits per heavy atom. The maximum Gasteiger partial charge on any atom is 0.160 e. The van der Waals surface area contributed by atoms with Crippen LogP contribution in [-0.4, -0.2) is 14.5 Å². The fourth-order valence-corrected chi connectivity index (χ4v) is 8.34. The van der Waals surface area contributed by atoms with Crippen molar-refractivity contribution in [2.75, 3.05) is 0 Å². The molecule has 264 valence electrons. The molecular weight excluding hydrogens is 683 g/mol. The number of hydrogen-bond acceptors (Lipinski definition) is 3. The van der Waals surface area contributed by atoms with E-state index in [1.165, 1.54) is 33.0 Å². The van der Waals surface area contributed by atoms with E-state index in [9.17, 15) is 0 Å². The van der Waals surface area contributed by atoms with Crippen molar-refractivity contribution >= 4 is 49.3 Å². The fraction of sp³-hybridized carbons (Fsp3) is 0.0385. The molecule has 0 fully saturated rings. The van der Waals surface area contributed by atoms with Gasteiger partial charge in [0.25, 0.3) is 0 Å². The Morgan fingerprint density at radius 1 is 0.464 bits per heavy atom. The van der Waals surface area contributed by atoms with E-state index >= 15 is 0 Å². The third-order valence-electron chi connectivity index (χ3n) is 11.0. The lowest BCUT2D eigenvalue weighted by molar-refractivity contribution is 0.668. The van der Waals surface area contributed by atoms with Gasteiger partial charge in [0.2, 0.25) is 0 Å². The van der Waals surface area contributed by atoms with Crippen LogP contribution < -0.4 is 0 Å². The molecule has 0 saturated carbocycles. The maximum absolute atomic E-state index is 6.71. The highest BCUT2D eigenvalue weighted by Crippen LogP contribution is 2.41. The number of nitrogens with zero attached hydrogens (tertiary/aromatic N) is 3.